The average Bonchev–Trinajstić information content (AvgIpc) is 3.03. The van der Waals surface area contributed by atoms with Gasteiger partial charge in [0.15, 0.2) is 5.76 Å². The molecule has 2 heterocycles. The van der Waals surface area contributed by atoms with Crippen molar-refractivity contribution in [3.8, 4) is 5.75 Å². The van der Waals surface area contributed by atoms with E-state index in [4.69, 9.17) is 9.15 Å². The number of hydrogen-bond acceptors (Lipinski definition) is 4. The van der Waals surface area contributed by atoms with Crippen molar-refractivity contribution < 1.29 is 13.9 Å². The van der Waals surface area contributed by atoms with E-state index in [1.165, 1.54) is 0 Å². The molecule has 5 heteroatoms. The third-order valence-corrected chi connectivity index (χ3v) is 4.29. The molecule has 1 amide bonds. The van der Waals surface area contributed by atoms with E-state index in [1.807, 2.05) is 56.3 Å². The molecule has 0 saturated carbocycles. The Morgan fingerprint density at radius 2 is 1.77 bits per heavy atom. The Bertz CT molecular complexity index is 1140. The lowest BCUT2D eigenvalue weighted by atomic mass is 10.1. The summed E-state index contributed by atoms with van der Waals surface area (Å²) in [6.45, 7) is 3.97. The zero-order valence-electron chi connectivity index (χ0n) is 14.8. The van der Waals surface area contributed by atoms with E-state index < -0.39 is 0 Å². The number of hydrogen-bond donors (Lipinski definition) is 1. The molecule has 4 aromatic rings. The third-order valence-electron chi connectivity index (χ3n) is 4.29. The van der Waals surface area contributed by atoms with Crippen molar-refractivity contribution in [3.05, 3.63) is 65.4 Å². The lowest BCUT2D eigenvalue weighted by molar-refractivity contribution is 0.0998. The zero-order chi connectivity index (χ0) is 18.3. The van der Waals surface area contributed by atoms with E-state index in [1.54, 1.807) is 13.2 Å². The highest BCUT2D eigenvalue weighted by Crippen LogP contribution is 2.27. The second-order valence-electron chi connectivity index (χ2n) is 6.35. The van der Waals surface area contributed by atoms with E-state index >= 15 is 0 Å². The number of anilines is 1. The van der Waals surface area contributed by atoms with E-state index in [2.05, 4.69) is 10.3 Å². The molecular formula is C21H18N2O3. The number of aryl methyl sites for hydroxylation is 2. The normalized spacial score (nSPS) is 11.0. The molecule has 0 aliphatic heterocycles. The molecule has 0 bridgehead atoms. The van der Waals surface area contributed by atoms with Crippen LogP contribution in [0.5, 0.6) is 5.75 Å². The summed E-state index contributed by atoms with van der Waals surface area (Å²) in [4.78, 5) is 17.1. The maximum atomic E-state index is 12.6. The first-order valence-corrected chi connectivity index (χ1v) is 8.30. The minimum absolute atomic E-state index is 0.211. The smallest absolute Gasteiger partial charge is 0.291 e. The molecule has 2 aromatic carbocycles. The molecule has 0 atom stereocenters. The standard InChI is InChI=1S/C21H18N2O3/c1-12-4-6-14-10-15-11-19(26-21(15)23-16(14)8-12)20(24)22-17-9-13(2)5-7-18(17)25-3/h4-11H,1-3H3,(H,22,24). The number of pyridine rings is 1. The topological polar surface area (TPSA) is 64.4 Å². The van der Waals surface area contributed by atoms with Crippen LogP contribution in [0, 0.1) is 13.8 Å². The number of methoxy groups -OCH3 is 1. The van der Waals surface area contributed by atoms with Gasteiger partial charge in [-0.2, -0.15) is 0 Å². The number of nitrogens with zero attached hydrogens (tertiary/aromatic N) is 1. The van der Waals surface area contributed by atoms with Crippen molar-refractivity contribution >= 4 is 33.6 Å². The molecule has 0 aliphatic rings. The summed E-state index contributed by atoms with van der Waals surface area (Å²) in [7, 11) is 1.57. The maximum absolute atomic E-state index is 12.6. The number of ether oxygens (including phenoxy) is 1. The molecule has 130 valence electrons. The van der Waals surface area contributed by atoms with Gasteiger partial charge in [-0.25, -0.2) is 4.98 Å². The van der Waals surface area contributed by atoms with E-state index in [0.29, 0.717) is 17.2 Å². The number of furan rings is 1. The number of carbonyl (C=O) groups excluding carboxylic acids is 1. The highest BCUT2D eigenvalue weighted by atomic mass is 16.5. The van der Waals surface area contributed by atoms with Crippen LogP contribution in [0.3, 0.4) is 0 Å². The van der Waals surface area contributed by atoms with Crippen LogP contribution in [0.4, 0.5) is 5.69 Å². The summed E-state index contributed by atoms with van der Waals surface area (Å²) in [6.07, 6.45) is 0. The summed E-state index contributed by atoms with van der Waals surface area (Å²) < 4.78 is 11.0. The van der Waals surface area contributed by atoms with Gasteiger partial charge in [-0.15, -0.1) is 0 Å². The molecular weight excluding hydrogens is 328 g/mol. The van der Waals surface area contributed by atoms with Crippen LogP contribution >= 0.6 is 0 Å². The molecule has 0 radical (unpaired) electrons. The predicted molar refractivity (Wildman–Crippen MR) is 102 cm³/mol. The molecule has 26 heavy (non-hydrogen) atoms. The molecule has 0 saturated heterocycles. The number of nitrogens with one attached hydrogen (secondary N) is 1. The van der Waals surface area contributed by atoms with Crippen LogP contribution in [0.2, 0.25) is 0 Å². The van der Waals surface area contributed by atoms with E-state index in [9.17, 15) is 4.79 Å². The van der Waals surface area contributed by atoms with Crippen LogP contribution in [0.25, 0.3) is 22.0 Å². The van der Waals surface area contributed by atoms with Gasteiger partial charge in [-0.3, -0.25) is 4.79 Å². The maximum Gasteiger partial charge on any atom is 0.291 e. The van der Waals surface area contributed by atoms with Gasteiger partial charge in [-0.05, 0) is 55.3 Å². The predicted octanol–water partition coefficient (Wildman–Crippen LogP) is 4.86. The largest absolute Gasteiger partial charge is 0.495 e. The van der Waals surface area contributed by atoms with E-state index in [-0.39, 0.29) is 11.7 Å². The van der Waals surface area contributed by atoms with Gasteiger partial charge in [0.25, 0.3) is 5.91 Å². The lowest BCUT2D eigenvalue weighted by Gasteiger charge is -2.09. The molecule has 4 rings (SSSR count). The van der Waals surface area contributed by atoms with Crippen LogP contribution < -0.4 is 10.1 Å². The Hall–Kier alpha value is -3.34. The first-order valence-electron chi connectivity index (χ1n) is 8.30. The van der Waals surface area contributed by atoms with Crippen molar-refractivity contribution in [1.29, 1.82) is 0 Å². The van der Waals surface area contributed by atoms with Gasteiger partial charge >= 0.3 is 0 Å². The first kappa shape index (κ1) is 16.1. The number of benzene rings is 2. The van der Waals surface area contributed by atoms with Gasteiger partial charge in [0.2, 0.25) is 5.71 Å². The van der Waals surface area contributed by atoms with Gasteiger partial charge in [0, 0.05) is 10.8 Å². The van der Waals surface area contributed by atoms with Crippen LogP contribution in [-0.2, 0) is 0 Å². The number of fused-ring (bicyclic) bond motifs is 2. The van der Waals surface area contributed by atoms with Crippen molar-refractivity contribution in [2.45, 2.75) is 13.8 Å². The van der Waals surface area contributed by atoms with Gasteiger partial charge < -0.3 is 14.5 Å². The quantitative estimate of drug-likeness (QED) is 0.575. The number of carbonyl (C=O) groups is 1. The summed E-state index contributed by atoms with van der Waals surface area (Å²) in [5.74, 6) is 0.467. The number of rotatable bonds is 3. The van der Waals surface area contributed by atoms with Gasteiger partial charge in [0.1, 0.15) is 5.75 Å². The van der Waals surface area contributed by atoms with Crippen LogP contribution in [0.15, 0.2) is 52.9 Å². The second kappa shape index (κ2) is 6.19. The lowest BCUT2D eigenvalue weighted by Crippen LogP contribution is -2.11. The minimum atomic E-state index is -0.341. The zero-order valence-corrected chi connectivity index (χ0v) is 14.8. The Balaban J connectivity index is 1.71. The molecule has 1 N–H and O–H groups in total. The van der Waals surface area contributed by atoms with Crippen molar-refractivity contribution in [2.75, 3.05) is 12.4 Å². The number of aromatic nitrogens is 1. The Morgan fingerprint density at radius 3 is 2.58 bits per heavy atom. The second-order valence-corrected chi connectivity index (χ2v) is 6.35. The van der Waals surface area contributed by atoms with E-state index in [0.717, 1.165) is 27.4 Å². The van der Waals surface area contributed by atoms with Gasteiger partial charge in [0.05, 0.1) is 18.3 Å². The molecule has 0 aliphatic carbocycles. The molecule has 0 spiro atoms. The summed E-state index contributed by atoms with van der Waals surface area (Å²) >= 11 is 0. The minimum Gasteiger partial charge on any atom is -0.495 e. The van der Waals surface area contributed by atoms with Gasteiger partial charge in [-0.1, -0.05) is 18.2 Å². The summed E-state index contributed by atoms with van der Waals surface area (Å²) in [5.41, 5.74) is 4.05. The van der Waals surface area contributed by atoms with Crippen LogP contribution in [-0.4, -0.2) is 18.0 Å². The average molecular weight is 346 g/mol. The fourth-order valence-corrected chi connectivity index (χ4v) is 2.95. The fraction of sp³-hybridized carbons (Fsp3) is 0.143. The molecule has 0 unspecified atom stereocenters. The highest BCUT2D eigenvalue weighted by molar-refractivity contribution is 6.05. The SMILES string of the molecule is COc1ccc(C)cc1NC(=O)c1cc2cc3ccc(C)cc3nc2o1. The highest BCUT2D eigenvalue weighted by Gasteiger charge is 2.16. The molecule has 2 aromatic heterocycles. The van der Waals surface area contributed by atoms with Crippen molar-refractivity contribution in [1.82, 2.24) is 4.98 Å². The van der Waals surface area contributed by atoms with Crippen molar-refractivity contribution in [3.63, 3.8) is 0 Å². The fourth-order valence-electron chi connectivity index (χ4n) is 2.95. The Kier molecular flexibility index (Phi) is 3.84. The first-order chi connectivity index (χ1) is 12.5. The number of amides is 1. The summed E-state index contributed by atoms with van der Waals surface area (Å²) in [5, 5.41) is 4.65. The Morgan fingerprint density at radius 1 is 1.00 bits per heavy atom. The monoisotopic (exact) mass is 346 g/mol. The summed E-state index contributed by atoms with van der Waals surface area (Å²) in [6, 6.07) is 15.3. The van der Waals surface area contributed by atoms with Crippen LogP contribution in [0.1, 0.15) is 21.7 Å². The Labute approximate surface area is 150 Å². The molecule has 0 fully saturated rings. The third kappa shape index (κ3) is 2.88. The molecule has 5 nitrogen and oxygen atoms in total. The van der Waals surface area contributed by atoms with Crippen molar-refractivity contribution in [2.24, 2.45) is 0 Å².